The zero-order chi connectivity index (χ0) is 15.2. The number of rotatable bonds is 5. The number of hydrogen-bond donors (Lipinski definition) is 1. The molecule has 1 aromatic carbocycles. The third kappa shape index (κ3) is 3.62. The van der Waals surface area contributed by atoms with Gasteiger partial charge < -0.3 is 19.2 Å². The summed E-state index contributed by atoms with van der Waals surface area (Å²) in [5.41, 5.74) is 0.155. The highest BCUT2D eigenvalue weighted by Gasteiger charge is 2.12. The van der Waals surface area contributed by atoms with Gasteiger partial charge in [-0.2, -0.15) is 0 Å². The summed E-state index contributed by atoms with van der Waals surface area (Å²) in [6.45, 7) is 2.46. The van der Waals surface area contributed by atoms with E-state index in [2.05, 4.69) is 5.32 Å². The Morgan fingerprint density at radius 1 is 1.29 bits per heavy atom. The number of methoxy groups -OCH3 is 1. The zero-order valence-corrected chi connectivity index (χ0v) is 11.7. The number of carbonyl (C=O) groups excluding carboxylic acids is 1. The Labute approximate surface area is 121 Å². The van der Waals surface area contributed by atoms with Gasteiger partial charge in [0.2, 0.25) is 11.2 Å². The first kappa shape index (κ1) is 14.6. The van der Waals surface area contributed by atoms with Crippen molar-refractivity contribution < 1.29 is 18.7 Å². The van der Waals surface area contributed by atoms with Crippen molar-refractivity contribution in [2.75, 3.05) is 19.0 Å². The summed E-state index contributed by atoms with van der Waals surface area (Å²) in [5, 5.41) is 2.62. The molecule has 1 heterocycles. The monoisotopic (exact) mass is 289 g/mol. The van der Waals surface area contributed by atoms with E-state index in [1.54, 1.807) is 24.3 Å². The predicted molar refractivity (Wildman–Crippen MR) is 77.1 cm³/mol. The summed E-state index contributed by atoms with van der Waals surface area (Å²) >= 11 is 0. The first-order valence-electron chi connectivity index (χ1n) is 6.35. The molecule has 0 bridgehead atoms. The van der Waals surface area contributed by atoms with Crippen LogP contribution in [0.4, 0.5) is 5.69 Å². The minimum absolute atomic E-state index is 0.0487. The molecule has 0 saturated heterocycles. The highest BCUT2D eigenvalue weighted by atomic mass is 16.5. The van der Waals surface area contributed by atoms with Gasteiger partial charge in [-0.1, -0.05) is 0 Å². The van der Waals surface area contributed by atoms with Crippen molar-refractivity contribution >= 4 is 11.6 Å². The summed E-state index contributed by atoms with van der Waals surface area (Å²) in [6.07, 6.45) is 1.11. The molecular weight excluding hydrogens is 274 g/mol. The smallest absolute Gasteiger partial charge is 0.291 e. The molecule has 6 heteroatoms. The quantitative estimate of drug-likeness (QED) is 0.913. The van der Waals surface area contributed by atoms with Gasteiger partial charge in [0.1, 0.15) is 12.0 Å². The first-order chi connectivity index (χ1) is 10.1. The van der Waals surface area contributed by atoms with E-state index in [1.807, 2.05) is 6.92 Å². The SMILES string of the molecule is CCOc1ccc(NC(=O)c2cc(=O)c(OC)co2)cc1. The molecule has 0 unspecified atom stereocenters. The normalized spacial score (nSPS) is 10.0. The lowest BCUT2D eigenvalue weighted by Gasteiger charge is -2.06. The first-order valence-corrected chi connectivity index (χ1v) is 6.35. The fraction of sp³-hybridized carbons (Fsp3) is 0.200. The molecule has 2 rings (SSSR count). The summed E-state index contributed by atoms with van der Waals surface area (Å²) in [5.74, 6) is 0.160. The summed E-state index contributed by atoms with van der Waals surface area (Å²) in [4.78, 5) is 23.5. The molecule has 0 spiro atoms. The van der Waals surface area contributed by atoms with Gasteiger partial charge in [-0.3, -0.25) is 9.59 Å². The number of ether oxygens (including phenoxy) is 2. The molecule has 0 fully saturated rings. The highest BCUT2D eigenvalue weighted by molar-refractivity contribution is 6.02. The molecule has 21 heavy (non-hydrogen) atoms. The topological polar surface area (TPSA) is 77.8 Å². The van der Waals surface area contributed by atoms with E-state index in [0.29, 0.717) is 18.0 Å². The second kappa shape index (κ2) is 6.60. The van der Waals surface area contributed by atoms with Crippen LogP contribution >= 0.6 is 0 Å². The van der Waals surface area contributed by atoms with Gasteiger partial charge in [0.25, 0.3) is 5.91 Å². The fourth-order valence-electron chi connectivity index (χ4n) is 1.66. The van der Waals surface area contributed by atoms with Gasteiger partial charge in [-0.25, -0.2) is 0 Å². The van der Waals surface area contributed by atoms with Crippen LogP contribution in [-0.2, 0) is 0 Å². The van der Waals surface area contributed by atoms with E-state index in [1.165, 1.54) is 7.11 Å². The van der Waals surface area contributed by atoms with Crippen LogP contribution in [0.5, 0.6) is 11.5 Å². The van der Waals surface area contributed by atoms with Crippen LogP contribution in [0, 0.1) is 0 Å². The van der Waals surface area contributed by atoms with Crippen molar-refractivity contribution in [1.82, 2.24) is 0 Å². The third-order valence-corrected chi connectivity index (χ3v) is 2.66. The Balaban J connectivity index is 2.10. The van der Waals surface area contributed by atoms with Gasteiger partial charge >= 0.3 is 0 Å². The average Bonchev–Trinajstić information content (AvgIpc) is 2.49. The van der Waals surface area contributed by atoms with E-state index in [0.717, 1.165) is 12.3 Å². The Morgan fingerprint density at radius 3 is 2.57 bits per heavy atom. The van der Waals surface area contributed by atoms with E-state index in [-0.39, 0.29) is 11.5 Å². The van der Waals surface area contributed by atoms with Crippen molar-refractivity contribution in [3.63, 3.8) is 0 Å². The lowest BCUT2D eigenvalue weighted by Crippen LogP contribution is -2.15. The molecule has 1 aromatic heterocycles. The van der Waals surface area contributed by atoms with Gasteiger partial charge in [-0.15, -0.1) is 0 Å². The Kier molecular flexibility index (Phi) is 4.61. The molecule has 0 aliphatic carbocycles. The Bertz CT molecular complexity index is 675. The maximum absolute atomic E-state index is 12.0. The third-order valence-electron chi connectivity index (χ3n) is 2.66. The second-order valence-electron chi connectivity index (χ2n) is 4.09. The van der Waals surface area contributed by atoms with Crippen molar-refractivity contribution in [1.29, 1.82) is 0 Å². The van der Waals surface area contributed by atoms with Crippen LogP contribution in [0.2, 0.25) is 0 Å². The molecule has 1 amide bonds. The molecule has 2 aromatic rings. The summed E-state index contributed by atoms with van der Waals surface area (Å²) < 4.78 is 15.2. The van der Waals surface area contributed by atoms with Crippen LogP contribution in [0.25, 0.3) is 0 Å². The van der Waals surface area contributed by atoms with Crippen LogP contribution in [0.3, 0.4) is 0 Å². The number of hydrogen-bond acceptors (Lipinski definition) is 5. The van der Waals surface area contributed by atoms with Gasteiger partial charge in [0.15, 0.2) is 5.76 Å². The maximum atomic E-state index is 12.0. The molecular formula is C15H15NO5. The van der Waals surface area contributed by atoms with Crippen molar-refractivity contribution in [3.8, 4) is 11.5 Å². The average molecular weight is 289 g/mol. The number of carbonyl (C=O) groups is 1. The largest absolute Gasteiger partial charge is 0.494 e. The molecule has 0 radical (unpaired) electrons. The minimum Gasteiger partial charge on any atom is -0.494 e. The van der Waals surface area contributed by atoms with Crippen LogP contribution in [-0.4, -0.2) is 19.6 Å². The van der Waals surface area contributed by atoms with E-state index in [9.17, 15) is 9.59 Å². The molecule has 0 aliphatic heterocycles. The summed E-state index contributed by atoms with van der Waals surface area (Å²) in [6, 6.07) is 7.96. The molecule has 0 saturated carbocycles. The molecule has 1 N–H and O–H groups in total. The van der Waals surface area contributed by atoms with E-state index in [4.69, 9.17) is 13.9 Å². The predicted octanol–water partition coefficient (Wildman–Crippen LogP) is 2.30. The Hall–Kier alpha value is -2.76. The maximum Gasteiger partial charge on any atom is 0.291 e. The Morgan fingerprint density at radius 2 is 2.00 bits per heavy atom. The lowest BCUT2D eigenvalue weighted by molar-refractivity contribution is 0.0993. The molecule has 110 valence electrons. The van der Waals surface area contributed by atoms with Crippen molar-refractivity contribution in [2.45, 2.75) is 6.92 Å². The highest BCUT2D eigenvalue weighted by Crippen LogP contribution is 2.16. The number of anilines is 1. The van der Waals surface area contributed by atoms with Crippen molar-refractivity contribution in [2.24, 2.45) is 0 Å². The second-order valence-corrected chi connectivity index (χ2v) is 4.09. The lowest BCUT2D eigenvalue weighted by atomic mass is 10.3. The van der Waals surface area contributed by atoms with Crippen LogP contribution in [0.15, 0.2) is 45.8 Å². The molecule has 0 aliphatic rings. The van der Waals surface area contributed by atoms with Crippen LogP contribution < -0.4 is 20.2 Å². The standard InChI is InChI=1S/C15H15NO5/c1-3-20-11-6-4-10(5-7-11)16-15(18)13-8-12(17)14(19-2)9-21-13/h4-9H,3H2,1-2H3,(H,16,18). The number of nitrogens with one attached hydrogen (secondary N) is 1. The van der Waals surface area contributed by atoms with E-state index >= 15 is 0 Å². The fourth-order valence-corrected chi connectivity index (χ4v) is 1.66. The summed E-state index contributed by atoms with van der Waals surface area (Å²) in [7, 11) is 1.35. The van der Waals surface area contributed by atoms with Crippen molar-refractivity contribution in [3.05, 3.63) is 52.6 Å². The molecule has 0 atom stereocenters. The van der Waals surface area contributed by atoms with Gasteiger partial charge in [0, 0.05) is 11.8 Å². The molecule has 6 nitrogen and oxygen atoms in total. The van der Waals surface area contributed by atoms with Gasteiger partial charge in [0.05, 0.1) is 13.7 Å². The minimum atomic E-state index is -0.515. The zero-order valence-electron chi connectivity index (χ0n) is 11.7. The van der Waals surface area contributed by atoms with E-state index < -0.39 is 11.3 Å². The number of amides is 1. The van der Waals surface area contributed by atoms with Gasteiger partial charge in [-0.05, 0) is 31.2 Å². The number of benzene rings is 1. The van der Waals surface area contributed by atoms with Crippen LogP contribution in [0.1, 0.15) is 17.5 Å².